The number of carbonyl (C=O) groups excluding carboxylic acids is 1. The summed E-state index contributed by atoms with van der Waals surface area (Å²) in [6, 6.07) is 8.04. The normalized spacial score (nSPS) is 15.6. The Hall–Kier alpha value is -2.30. The number of sulfonamides is 2. The molecule has 0 saturated heterocycles. The monoisotopic (exact) mass is 409 g/mol. The largest absolute Gasteiger partial charge is 0.268 e. The molecule has 0 aliphatic heterocycles. The fourth-order valence-corrected chi connectivity index (χ4v) is 5.50. The van der Waals surface area contributed by atoms with Crippen LogP contribution in [0.5, 0.6) is 0 Å². The maximum Gasteiger partial charge on any atom is 0.266 e. The van der Waals surface area contributed by atoms with Gasteiger partial charge in [0.25, 0.3) is 15.9 Å². The van der Waals surface area contributed by atoms with Crippen molar-refractivity contribution in [3.8, 4) is 0 Å². The van der Waals surface area contributed by atoms with Crippen LogP contribution in [0.15, 0.2) is 52.4 Å². The van der Waals surface area contributed by atoms with Gasteiger partial charge in [-0.15, -0.1) is 0 Å². The van der Waals surface area contributed by atoms with Crippen LogP contribution < -0.4 is 9.86 Å². The number of hydrogen-bond acceptors (Lipinski definition) is 6. The van der Waals surface area contributed by atoms with E-state index in [0.29, 0.717) is 5.92 Å². The van der Waals surface area contributed by atoms with Crippen molar-refractivity contribution in [2.45, 2.75) is 41.4 Å². The number of nitrogens with zero attached hydrogens (tertiary/aromatic N) is 1. The van der Waals surface area contributed by atoms with E-state index in [2.05, 4.69) is 4.98 Å². The molecule has 0 unspecified atom stereocenters. The molecule has 1 amide bonds. The van der Waals surface area contributed by atoms with E-state index in [9.17, 15) is 21.6 Å². The molecule has 144 valence electrons. The van der Waals surface area contributed by atoms with Gasteiger partial charge < -0.3 is 0 Å². The Bertz CT molecular complexity index is 1060. The van der Waals surface area contributed by atoms with Gasteiger partial charge in [0, 0.05) is 17.8 Å². The number of amides is 1. The molecule has 0 bridgehead atoms. The third-order valence-electron chi connectivity index (χ3n) is 4.49. The number of aromatic nitrogens is 1. The topological polar surface area (TPSA) is 136 Å². The highest BCUT2D eigenvalue weighted by atomic mass is 32.2. The van der Waals surface area contributed by atoms with E-state index in [-0.39, 0.29) is 5.56 Å². The molecule has 1 heterocycles. The van der Waals surface area contributed by atoms with Gasteiger partial charge in [-0.25, -0.2) is 26.7 Å². The summed E-state index contributed by atoms with van der Waals surface area (Å²) >= 11 is 0. The summed E-state index contributed by atoms with van der Waals surface area (Å²) in [6.45, 7) is 0. The lowest BCUT2D eigenvalue weighted by Crippen LogP contribution is -2.32. The third-order valence-corrected chi connectivity index (χ3v) is 6.98. The van der Waals surface area contributed by atoms with Crippen molar-refractivity contribution < 1.29 is 21.6 Å². The molecule has 3 rings (SSSR count). The summed E-state index contributed by atoms with van der Waals surface area (Å²) < 4.78 is 50.1. The summed E-state index contributed by atoms with van der Waals surface area (Å²) in [4.78, 5) is 15.4. The van der Waals surface area contributed by atoms with E-state index in [1.165, 1.54) is 24.4 Å². The molecule has 0 radical (unpaired) electrons. The molecule has 1 aromatic heterocycles. The van der Waals surface area contributed by atoms with Crippen LogP contribution in [0.3, 0.4) is 0 Å². The van der Waals surface area contributed by atoms with Crippen molar-refractivity contribution in [1.82, 2.24) is 9.71 Å². The Morgan fingerprint density at radius 2 is 1.63 bits per heavy atom. The average Bonchev–Trinajstić information content (AvgIpc) is 3.15. The minimum Gasteiger partial charge on any atom is -0.268 e. The number of nitrogens with two attached hydrogens (primary N) is 1. The summed E-state index contributed by atoms with van der Waals surface area (Å²) in [6.07, 6.45) is 5.73. The molecule has 8 nitrogen and oxygen atoms in total. The first-order valence-electron chi connectivity index (χ1n) is 8.33. The molecule has 1 aromatic carbocycles. The van der Waals surface area contributed by atoms with E-state index < -0.39 is 35.7 Å². The van der Waals surface area contributed by atoms with Gasteiger partial charge in [0.2, 0.25) is 10.0 Å². The molecule has 2 aromatic rings. The summed E-state index contributed by atoms with van der Waals surface area (Å²) in [5.74, 6) is -0.530. The number of nitrogens with one attached hydrogen (secondary N) is 1. The maximum absolute atomic E-state index is 12.5. The molecule has 10 heteroatoms. The van der Waals surface area contributed by atoms with Gasteiger partial charge in [-0.2, -0.15) is 0 Å². The van der Waals surface area contributed by atoms with Crippen molar-refractivity contribution in [3.63, 3.8) is 0 Å². The van der Waals surface area contributed by atoms with Crippen LogP contribution in [-0.2, 0) is 20.0 Å². The standard InChI is InChI=1S/C17H19N3O5S2/c18-26(22,23)15-7-3-4-8-16(15)27(24,25)20-17(21)13-9-10-14(19-11-13)12-5-1-2-6-12/h3-4,7-12H,1-2,5-6H2,(H,20,21)(H2,18,22,23). The van der Waals surface area contributed by atoms with Gasteiger partial charge in [-0.1, -0.05) is 25.0 Å². The predicted molar refractivity (Wildman–Crippen MR) is 97.9 cm³/mol. The van der Waals surface area contributed by atoms with Crippen molar-refractivity contribution in [1.29, 1.82) is 0 Å². The van der Waals surface area contributed by atoms with Gasteiger partial charge in [0.15, 0.2) is 0 Å². The van der Waals surface area contributed by atoms with E-state index in [1.807, 2.05) is 4.72 Å². The third kappa shape index (κ3) is 4.34. The highest BCUT2D eigenvalue weighted by Gasteiger charge is 2.26. The number of hydrogen-bond donors (Lipinski definition) is 2. The first kappa shape index (κ1) is 19.5. The van der Waals surface area contributed by atoms with Crippen LogP contribution in [0, 0.1) is 0 Å². The average molecular weight is 409 g/mol. The molecule has 0 spiro atoms. The van der Waals surface area contributed by atoms with Gasteiger partial charge in [-0.3, -0.25) is 9.78 Å². The molecule has 1 aliphatic carbocycles. The van der Waals surface area contributed by atoms with E-state index >= 15 is 0 Å². The van der Waals surface area contributed by atoms with Crippen molar-refractivity contribution in [3.05, 3.63) is 53.9 Å². The van der Waals surface area contributed by atoms with Gasteiger partial charge in [0.05, 0.1) is 5.56 Å². The summed E-state index contributed by atoms with van der Waals surface area (Å²) in [5.41, 5.74) is 0.944. The van der Waals surface area contributed by atoms with E-state index in [4.69, 9.17) is 5.14 Å². The molecular formula is C17H19N3O5S2. The Labute approximate surface area is 157 Å². The molecule has 0 atom stereocenters. The molecular weight excluding hydrogens is 390 g/mol. The van der Waals surface area contributed by atoms with Crippen LogP contribution in [0.2, 0.25) is 0 Å². The highest BCUT2D eigenvalue weighted by Crippen LogP contribution is 2.32. The maximum atomic E-state index is 12.5. The van der Waals surface area contributed by atoms with Crippen LogP contribution in [0.1, 0.15) is 47.7 Å². The smallest absolute Gasteiger partial charge is 0.266 e. The Balaban J connectivity index is 1.83. The van der Waals surface area contributed by atoms with Crippen molar-refractivity contribution in [2.75, 3.05) is 0 Å². The lowest BCUT2D eigenvalue weighted by atomic mass is 10.0. The van der Waals surface area contributed by atoms with Crippen LogP contribution in [-0.4, -0.2) is 27.7 Å². The second kappa shape index (κ2) is 7.37. The quantitative estimate of drug-likeness (QED) is 0.768. The van der Waals surface area contributed by atoms with E-state index in [1.54, 1.807) is 6.07 Å². The zero-order valence-corrected chi connectivity index (χ0v) is 16.0. The Morgan fingerprint density at radius 1 is 1.00 bits per heavy atom. The number of carbonyl (C=O) groups is 1. The number of benzene rings is 1. The fourth-order valence-electron chi connectivity index (χ4n) is 3.15. The summed E-state index contributed by atoms with van der Waals surface area (Å²) in [5, 5.41) is 5.06. The first-order valence-corrected chi connectivity index (χ1v) is 11.4. The fraction of sp³-hybridized carbons (Fsp3) is 0.294. The minimum absolute atomic E-state index is 0.0633. The van der Waals surface area contributed by atoms with Crippen LogP contribution in [0.4, 0.5) is 0 Å². The molecule has 1 aliphatic rings. The number of rotatable bonds is 5. The lowest BCUT2D eigenvalue weighted by Gasteiger charge is -2.11. The second-order valence-electron chi connectivity index (χ2n) is 6.38. The van der Waals surface area contributed by atoms with Gasteiger partial charge in [0.1, 0.15) is 9.79 Å². The SMILES string of the molecule is NS(=O)(=O)c1ccccc1S(=O)(=O)NC(=O)c1ccc(C2CCCC2)nc1. The molecule has 1 saturated carbocycles. The van der Waals surface area contributed by atoms with Gasteiger partial charge >= 0.3 is 0 Å². The summed E-state index contributed by atoms with van der Waals surface area (Å²) in [7, 11) is -8.71. The predicted octanol–water partition coefficient (Wildman–Crippen LogP) is 1.51. The zero-order chi connectivity index (χ0) is 19.7. The molecule has 27 heavy (non-hydrogen) atoms. The highest BCUT2D eigenvalue weighted by molar-refractivity contribution is 7.92. The first-order chi connectivity index (χ1) is 12.7. The van der Waals surface area contributed by atoms with Crippen LogP contribution >= 0.6 is 0 Å². The zero-order valence-electron chi connectivity index (χ0n) is 14.3. The number of pyridine rings is 1. The van der Waals surface area contributed by atoms with Gasteiger partial charge in [-0.05, 0) is 37.1 Å². The second-order valence-corrected chi connectivity index (χ2v) is 9.56. The van der Waals surface area contributed by atoms with Crippen LogP contribution in [0.25, 0.3) is 0 Å². The molecule has 1 fully saturated rings. The Kier molecular flexibility index (Phi) is 5.31. The van der Waals surface area contributed by atoms with Crippen molar-refractivity contribution in [2.24, 2.45) is 5.14 Å². The minimum atomic E-state index is -4.43. The molecule has 3 N–H and O–H groups in total. The number of primary sulfonamides is 1. The van der Waals surface area contributed by atoms with Crippen molar-refractivity contribution >= 4 is 26.0 Å². The lowest BCUT2D eigenvalue weighted by molar-refractivity contribution is 0.0981. The van der Waals surface area contributed by atoms with E-state index in [0.717, 1.165) is 43.5 Å². The Morgan fingerprint density at radius 3 is 2.19 bits per heavy atom.